The minimum Gasteiger partial charge on any atom is -0.310 e. The highest BCUT2D eigenvalue weighted by atomic mass is 15.1. The first kappa shape index (κ1) is 32.8. The van der Waals surface area contributed by atoms with Gasteiger partial charge in [-0.2, -0.15) is 0 Å². The van der Waals surface area contributed by atoms with Crippen molar-refractivity contribution < 1.29 is 0 Å². The van der Waals surface area contributed by atoms with Crippen molar-refractivity contribution in [2.75, 3.05) is 4.90 Å². The topological polar surface area (TPSA) is 3.24 Å². The Kier molecular flexibility index (Phi) is 6.92. The monoisotopic (exact) mass is 729 g/mol. The molecule has 4 aliphatic carbocycles. The standard InChI is InChI=1S/C56H43N/c1-55(2)48-24-12-8-20-41(48)45-31-30-40(33-52(45)55)57(39-18-4-3-5-19-39)54-35-53-47(34-46(54)38-29-28-36-16-6-7-17-37(36)32-38)44-23-11-15-27-51(44)56(53)49-25-13-9-21-42(49)43-22-10-14-26-50(43)56/h3-5,8-15,18-35H,6-7,16-17H2,1-2H3. The van der Waals surface area contributed by atoms with Crippen LogP contribution in [0.3, 0.4) is 0 Å². The van der Waals surface area contributed by atoms with Gasteiger partial charge in [0, 0.05) is 22.4 Å². The second kappa shape index (κ2) is 12.0. The first-order valence-electron chi connectivity index (χ1n) is 20.7. The molecule has 12 rings (SSSR count). The molecule has 0 aliphatic heterocycles. The second-order valence-electron chi connectivity index (χ2n) is 17.1. The minimum absolute atomic E-state index is 0.119. The maximum Gasteiger partial charge on any atom is 0.0726 e. The molecule has 0 saturated heterocycles. The fourth-order valence-corrected chi connectivity index (χ4v) is 11.3. The molecule has 0 radical (unpaired) electrons. The highest BCUT2D eigenvalue weighted by molar-refractivity contribution is 6.00. The van der Waals surface area contributed by atoms with Crippen molar-refractivity contribution in [3.05, 3.63) is 220 Å². The van der Waals surface area contributed by atoms with E-state index in [1.807, 2.05) is 0 Å². The maximum atomic E-state index is 2.59. The highest BCUT2D eigenvalue weighted by Crippen LogP contribution is 2.64. The van der Waals surface area contributed by atoms with Crippen molar-refractivity contribution >= 4 is 17.1 Å². The summed E-state index contributed by atoms with van der Waals surface area (Å²) >= 11 is 0. The molecular formula is C56H43N. The smallest absolute Gasteiger partial charge is 0.0726 e. The summed E-state index contributed by atoms with van der Waals surface area (Å²) in [5, 5.41) is 0. The Hall–Kier alpha value is -6.44. The van der Waals surface area contributed by atoms with Gasteiger partial charge in [-0.1, -0.05) is 153 Å². The SMILES string of the molecule is CC1(C)c2ccccc2-c2ccc(N(c3ccccc3)c3cc4c(cc3-c3ccc5c(c3)CCCC5)-c3ccccc3C43c4ccccc4-c4ccccc43)cc21. The number of hydrogen-bond acceptors (Lipinski definition) is 1. The van der Waals surface area contributed by atoms with E-state index < -0.39 is 5.41 Å². The predicted molar refractivity (Wildman–Crippen MR) is 237 cm³/mol. The lowest BCUT2D eigenvalue weighted by Gasteiger charge is -2.34. The third-order valence-corrected chi connectivity index (χ3v) is 13.9. The van der Waals surface area contributed by atoms with Crippen LogP contribution >= 0.6 is 0 Å². The van der Waals surface area contributed by atoms with E-state index in [4.69, 9.17) is 0 Å². The molecule has 8 aromatic carbocycles. The summed E-state index contributed by atoms with van der Waals surface area (Å²) in [5.74, 6) is 0. The fraction of sp³-hybridized carbons (Fsp3) is 0.143. The van der Waals surface area contributed by atoms with Crippen LogP contribution in [-0.2, 0) is 23.7 Å². The van der Waals surface area contributed by atoms with Crippen LogP contribution in [0.4, 0.5) is 17.1 Å². The largest absolute Gasteiger partial charge is 0.310 e. The molecule has 272 valence electrons. The molecule has 57 heavy (non-hydrogen) atoms. The molecule has 0 atom stereocenters. The molecule has 8 aromatic rings. The lowest BCUT2D eigenvalue weighted by molar-refractivity contribution is 0.660. The lowest BCUT2D eigenvalue weighted by atomic mass is 9.70. The van der Waals surface area contributed by atoms with Crippen LogP contribution < -0.4 is 4.90 Å². The zero-order chi connectivity index (χ0) is 37.9. The Bertz CT molecular complexity index is 2900. The van der Waals surface area contributed by atoms with E-state index in [0.717, 1.165) is 12.1 Å². The lowest BCUT2D eigenvalue weighted by Crippen LogP contribution is -2.26. The number of aryl methyl sites for hydroxylation is 2. The zero-order valence-electron chi connectivity index (χ0n) is 32.5. The Morgan fingerprint density at radius 3 is 1.58 bits per heavy atom. The Morgan fingerprint density at radius 2 is 0.912 bits per heavy atom. The van der Waals surface area contributed by atoms with Crippen molar-refractivity contribution in [2.24, 2.45) is 0 Å². The molecule has 1 nitrogen and oxygen atoms in total. The first-order chi connectivity index (χ1) is 28.0. The average Bonchev–Trinajstić information content (AvgIpc) is 3.82. The van der Waals surface area contributed by atoms with E-state index in [0.29, 0.717) is 0 Å². The van der Waals surface area contributed by atoms with Gasteiger partial charge in [0.25, 0.3) is 0 Å². The van der Waals surface area contributed by atoms with E-state index in [2.05, 4.69) is 195 Å². The van der Waals surface area contributed by atoms with Crippen LogP contribution in [0.5, 0.6) is 0 Å². The number of hydrogen-bond donors (Lipinski definition) is 0. The third kappa shape index (κ3) is 4.46. The number of para-hydroxylation sites is 1. The number of anilines is 3. The average molecular weight is 730 g/mol. The van der Waals surface area contributed by atoms with Crippen molar-refractivity contribution in [3.63, 3.8) is 0 Å². The van der Waals surface area contributed by atoms with Gasteiger partial charge in [0.2, 0.25) is 0 Å². The van der Waals surface area contributed by atoms with Gasteiger partial charge in [-0.3, -0.25) is 0 Å². The molecule has 0 aromatic heterocycles. The molecule has 4 aliphatic rings. The third-order valence-electron chi connectivity index (χ3n) is 13.9. The van der Waals surface area contributed by atoms with E-state index in [9.17, 15) is 0 Å². The summed E-state index contributed by atoms with van der Waals surface area (Å²) in [4.78, 5) is 2.55. The summed E-state index contributed by atoms with van der Waals surface area (Å²) in [5.41, 5.74) is 24.8. The molecule has 0 saturated carbocycles. The highest BCUT2D eigenvalue weighted by Gasteiger charge is 2.52. The first-order valence-corrected chi connectivity index (χ1v) is 20.7. The van der Waals surface area contributed by atoms with E-state index in [-0.39, 0.29) is 5.41 Å². The number of fused-ring (bicyclic) bond motifs is 14. The van der Waals surface area contributed by atoms with Crippen molar-refractivity contribution in [1.82, 2.24) is 0 Å². The van der Waals surface area contributed by atoms with Crippen LogP contribution in [-0.4, -0.2) is 0 Å². The molecule has 0 bridgehead atoms. The van der Waals surface area contributed by atoms with Gasteiger partial charge in [0.1, 0.15) is 0 Å². The van der Waals surface area contributed by atoms with Crippen LogP contribution in [0.2, 0.25) is 0 Å². The second-order valence-corrected chi connectivity index (χ2v) is 17.1. The quantitative estimate of drug-likeness (QED) is 0.174. The Balaban J connectivity index is 1.19. The zero-order valence-corrected chi connectivity index (χ0v) is 32.5. The molecule has 0 unspecified atom stereocenters. The Labute approximate surface area is 335 Å². The van der Waals surface area contributed by atoms with Gasteiger partial charge in [-0.15, -0.1) is 0 Å². The van der Waals surface area contributed by atoms with Gasteiger partial charge >= 0.3 is 0 Å². The minimum atomic E-state index is -0.438. The normalized spacial score (nSPS) is 15.5. The molecule has 1 spiro atoms. The van der Waals surface area contributed by atoms with Crippen LogP contribution in [0, 0.1) is 0 Å². The van der Waals surface area contributed by atoms with Gasteiger partial charge in [-0.05, 0) is 146 Å². The molecule has 0 amide bonds. The van der Waals surface area contributed by atoms with Crippen molar-refractivity contribution in [1.29, 1.82) is 0 Å². The number of nitrogens with zero attached hydrogens (tertiary/aromatic N) is 1. The van der Waals surface area contributed by atoms with Gasteiger partial charge in [0.15, 0.2) is 0 Å². The summed E-state index contributed by atoms with van der Waals surface area (Å²) in [6.45, 7) is 4.77. The molecular weight excluding hydrogens is 687 g/mol. The van der Waals surface area contributed by atoms with Crippen LogP contribution in [0.25, 0.3) is 44.5 Å². The summed E-state index contributed by atoms with van der Waals surface area (Å²) in [6, 6.07) is 67.2. The Morgan fingerprint density at radius 1 is 0.368 bits per heavy atom. The van der Waals surface area contributed by atoms with E-state index in [1.54, 1.807) is 0 Å². The molecule has 1 heteroatoms. The molecule has 0 heterocycles. The summed E-state index contributed by atoms with van der Waals surface area (Å²) in [7, 11) is 0. The fourth-order valence-electron chi connectivity index (χ4n) is 11.3. The van der Waals surface area contributed by atoms with Gasteiger partial charge in [-0.25, -0.2) is 0 Å². The van der Waals surface area contributed by atoms with Gasteiger partial charge < -0.3 is 4.90 Å². The summed E-state index contributed by atoms with van der Waals surface area (Å²) < 4.78 is 0. The molecule has 0 N–H and O–H groups in total. The molecule has 0 fully saturated rings. The van der Waals surface area contributed by atoms with Crippen molar-refractivity contribution in [3.8, 4) is 44.5 Å². The van der Waals surface area contributed by atoms with Crippen LogP contribution in [0.1, 0.15) is 71.2 Å². The number of benzene rings is 8. The van der Waals surface area contributed by atoms with E-state index >= 15 is 0 Å². The van der Waals surface area contributed by atoms with Gasteiger partial charge in [0.05, 0.1) is 11.1 Å². The maximum absolute atomic E-state index is 2.59. The van der Waals surface area contributed by atoms with Crippen LogP contribution in [0.15, 0.2) is 176 Å². The summed E-state index contributed by atoms with van der Waals surface area (Å²) in [6.07, 6.45) is 4.85. The predicted octanol–water partition coefficient (Wildman–Crippen LogP) is 14.4. The number of rotatable bonds is 4. The van der Waals surface area contributed by atoms with Crippen molar-refractivity contribution in [2.45, 2.75) is 50.4 Å². The van der Waals surface area contributed by atoms with E-state index in [1.165, 1.54) is 120 Å².